The number of hydrogen-bond acceptors (Lipinski definition) is 1. The van der Waals surface area contributed by atoms with Crippen LogP contribution in [-0.4, -0.2) is 23.9 Å². The fourth-order valence-corrected chi connectivity index (χ4v) is 4.93. The van der Waals surface area contributed by atoms with Crippen LogP contribution in [0, 0.1) is 5.92 Å². The number of halogens is 3. The lowest BCUT2D eigenvalue weighted by molar-refractivity contribution is -0.143. The first-order valence-corrected chi connectivity index (χ1v) is 11.9. The van der Waals surface area contributed by atoms with Gasteiger partial charge in [-0.15, -0.1) is 0 Å². The zero-order valence-electron chi connectivity index (χ0n) is 19.1. The molecule has 1 heterocycles. The van der Waals surface area contributed by atoms with Crippen LogP contribution in [0.1, 0.15) is 69.1 Å². The molecule has 2 nitrogen and oxygen atoms in total. The van der Waals surface area contributed by atoms with Gasteiger partial charge in [-0.25, -0.2) is 0 Å². The Hall–Kier alpha value is -2.30. The highest BCUT2D eigenvalue weighted by Gasteiger charge is 2.48. The molecule has 4 rings (SSSR count). The zero-order valence-corrected chi connectivity index (χ0v) is 19.1. The van der Waals surface area contributed by atoms with Gasteiger partial charge in [0.1, 0.15) is 0 Å². The maximum absolute atomic E-state index is 13.5. The smallest absolute Gasteiger partial charge is 0.342 e. The van der Waals surface area contributed by atoms with E-state index in [1.54, 1.807) is 12.1 Å². The van der Waals surface area contributed by atoms with E-state index in [2.05, 4.69) is 12.1 Å². The Morgan fingerprint density at radius 2 is 1.66 bits per heavy atom. The predicted octanol–water partition coefficient (Wildman–Crippen LogP) is 7.02. The summed E-state index contributed by atoms with van der Waals surface area (Å²) in [6, 6.07) is 15.6. The van der Waals surface area contributed by atoms with Crippen LogP contribution in [0.3, 0.4) is 0 Å². The molecule has 1 saturated carbocycles. The highest BCUT2D eigenvalue weighted by molar-refractivity contribution is 5.89. The summed E-state index contributed by atoms with van der Waals surface area (Å²) in [4.78, 5) is 15.5. The van der Waals surface area contributed by atoms with Crippen molar-refractivity contribution in [2.45, 2.75) is 70.4 Å². The molecule has 0 bridgehead atoms. The van der Waals surface area contributed by atoms with E-state index in [0.717, 1.165) is 81.3 Å². The van der Waals surface area contributed by atoms with E-state index >= 15 is 0 Å². The van der Waals surface area contributed by atoms with Gasteiger partial charge in [0.25, 0.3) is 0 Å². The van der Waals surface area contributed by atoms with Gasteiger partial charge in [-0.3, -0.25) is 4.79 Å². The number of aryl methyl sites for hydroxylation is 1. The molecule has 0 N–H and O–H groups in total. The number of nitrogens with zero attached hydrogens (tertiary/aromatic N) is 1. The molecular formula is C27H34F3NO. The minimum absolute atomic E-state index is 0.263. The van der Waals surface area contributed by atoms with E-state index in [4.69, 9.17) is 0 Å². The minimum atomic E-state index is -4.29. The van der Waals surface area contributed by atoms with Gasteiger partial charge < -0.3 is 4.90 Å². The molecule has 2 aromatic carbocycles. The molecular weight excluding hydrogens is 411 g/mol. The molecule has 0 aromatic heterocycles. The Morgan fingerprint density at radius 3 is 2.22 bits per heavy atom. The van der Waals surface area contributed by atoms with Gasteiger partial charge in [-0.1, -0.05) is 62.7 Å². The van der Waals surface area contributed by atoms with Crippen LogP contribution in [0.25, 0.3) is 0 Å². The summed E-state index contributed by atoms with van der Waals surface area (Å²) in [5.74, 6) is 0.664. The summed E-state index contributed by atoms with van der Waals surface area (Å²) in [6.07, 6.45) is 2.34. The van der Waals surface area contributed by atoms with Crippen LogP contribution < -0.4 is 0 Å². The SMILES string of the molecule is CC.O=C(N1CCCC(CCc2ccc(C(F)(F)F)cc2)C1)C1(c2ccccc2)CCC1. The van der Waals surface area contributed by atoms with Gasteiger partial charge in [0.2, 0.25) is 5.91 Å². The molecule has 1 saturated heterocycles. The normalized spacial score (nSPS) is 20.0. The predicted molar refractivity (Wildman–Crippen MR) is 122 cm³/mol. The number of amides is 1. The first kappa shape index (κ1) is 24.3. The van der Waals surface area contributed by atoms with Crippen molar-refractivity contribution in [1.29, 1.82) is 0 Å². The molecule has 32 heavy (non-hydrogen) atoms. The van der Waals surface area contributed by atoms with Gasteiger partial charge in [-0.05, 0) is 67.7 Å². The number of piperidine rings is 1. The second kappa shape index (κ2) is 10.5. The van der Waals surface area contributed by atoms with Crippen molar-refractivity contribution in [1.82, 2.24) is 4.90 Å². The maximum atomic E-state index is 13.5. The molecule has 2 aromatic rings. The second-order valence-corrected chi connectivity index (χ2v) is 8.79. The minimum Gasteiger partial charge on any atom is -0.342 e. The summed E-state index contributed by atoms with van der Waals surface area (Å²) < 4.78 is 38.2. The Morgan fingerprint density at radius 1 is 1.00 bits per heavy atom. The lowest BCUT2D eigenvalue weighted by Crippen LogP contribution is -2.53. The van der Waals surface area contributed by atoms with Crippen LogP contribution >= 0.6 is 0 Å². The summed E-state index contributed by atoms with van der Waals surface area (Å²) in [5.41, 5.74) is 1.10. The molecule has 2 fully saturated rings. The Labute approximate surface area is 189 Å². The van der Waals surface area contributed by atoms with Crippen LogP contribution in [0.2, 0.25) is 0 Å². The van der Waals surface area contributed by atoms with E-state index in [0.29, 0.717) is 5.92 Å². The summed E-state index contributed by atoms with van der Waals surface area (Å²) in [7, 11) is 0. The van der Waals surface area contributed by atoms with Crippen LogP contribution in [0.4, 0.5) is 13.2 Å². The molecule has 5 heteroatoms. The van der Waals surface area contributed by atoms with E-state index in [-0.39, 0.29) is 11.3 Å². The van der Waals surface area contributed by atoms with Gasteiger partial charge >= 0.3 is 6.18 Å². The first-order valence-electron chi connectivity index (χ1n) is 11.9. The van der Waals surface area contributed by atoms with Crippen molar-refractivity contribution in [3.63, 3.8) is 0 Å². The fraction of sp³-hybridized carbons (Fsp3) is 0.519. The molecule has 2 aliphatic rings. The van der Waals surface area contributed by atoms with E-state index < -0.39 is 11.7 Å². The van der Waals surface area contributed by atoms with Crippen molar-refractivity contribution < 1.29 is 18.0 Å². The van der Waals surface area contributed by atoms with Crippen molar-refractivity contribution in [2.75, 3.05) is 13.1 Å². The fourth-order valence-electron chi connectivity index (χ4n) is 4.93. The second-order valence-electron chi connectivity index (χ2n) is 8.79. The Balaban J connectivity index is 0.00000141. The topological polar surface area (TPSA) is 20.3 Å². The van der Waals surface area contributed by atoms with Gasteiger partial charge in [-0.2, -0.15) is 13.2 Å². The quantitative estimate of drug-likeness (QED) is 0.484. The van der Waals surface area contributed by atoms with Crippen LogP contribution in [0.15, 0.2) is 54.6 Å². The number of hydrogen-bond donors (Lipinski definition) is 0. The van der Waals surface area contributed by atoms with E-state index in [1.165, 1.54) is 0 Å². The van der Waals surface area contributed by atoms with E-state index in [1.807, 2.05) is 36.9 Å². The standard InChI is InChI=1S/C25H28F3NO.C2H6/c26-25(27,28)22-13-11-19(12-14-22)9-10-20-6-4-17-29(18-20)23(30)24(15-5-16-24)21-7-2-1-3-8-21;1-2/h1-3,7-8,11-14,20H,4-6,9-10,15-18H2;1-2H3. The van der Waals surface area contributed by atoms with Gasteiger partial charge in [0.05, 0.1) is 11.0 Å². The molecule has 1 aliphatic heterocycles. The zero-order chi connectivity index (χ0) is 23.2. The largest absolute Gasteiger partial charge is 0.416 e. The third-order valence-electron chi connectivity index (χ3n) is 6.87. The Kier molecular flexibility index (Phi) is 8.02. The number of carbonyl (C=O) groups excluding carboxylic acids is 1. The highest BCUT2D eigenvalue weighted by atomic mass is 19.4. The molecule has 1 atom stereocenters. The van der Waals surface area contributed by atoms with Crippen molar-refractivity contribution in [3.05, 3.63) is 71.3 Å². The average molecular weight is 446 g/mol. The van der Waals surface area contributed by atoms with E-state index in [9.17, 15) is 18.0 Å². The molecule has 1 unspecified atom stereocenters. The summed E-state index contributed by atoms with van der Waals surface area (Å²) in [6.45, 7) is 5.57. The maximum Gasteiger partial charge on any atom is 0.416 e. The lowest BCUT2D eigenvalue weighted by atomic mass is 9.63. The number of benzene rings is 2. The average Bonchev–Trinajstić information content (AvgIpc) is 2.79. The molecule has 174 valence electrons. The summed E-state index contributed by atoms with van der Waals surface area (Å²) >= 11 is 0. The third kappa shape index (κ3) is 5.36. The van der Waals surface area contributed by atoms with Crippen LogP contribution in [0.5, 0.6) is 0 Å². The van der Waals surface area contributed by atoms with Gasteiger partial charge in [0.15, 0.2) is 0 Å². The number of rotatable bonds is 5. The van der Waals surface area contributed by atoms with Crippen molar-refractivity contribution in [3.8, 4) is 0 Å². The van der Waals surface area contributed by atoms with Gasteiger partial charge in [0, 0.05) is 13.1 Å². The van der Waals surface area contributed by atoms with Crippen molar-refractivity contribution in [2.24, 2.45) is 5.92 Å². The highest BCUT2D eigenvalue weighted by Crippen LogP contribution is 2.45. The number of carbonyl (C=O) groups is 1. The van der Waals surface area contributed by atoms with Crippen molar-refractivity contribution >= 4 is 5.91 Å². The Bertz CT molecular complexity index is 857. The summed E-state index contributed by atoms with van der Waals surface area (Å²) in [5, 5.41) is 0. The number of alkyl halides is 3. The monoisotopic (exact) mass is 445 g/mol. The number of likely N-dealkylation sites (tertiary alicyclic amines) is 1. The molecule has 0 spiro atoms. The van der Waals surface area contributed by atoms with Crippen LogP contribution in [-0.2, 0) is 22.8 Å². The molecule has 1 amide bonds. The third-order valence-corrected chi connectivity index (χ3v) is 6.87. The first-order chi connectivity index (χ1) is 15.4. The molecule has 0 radical (unpaired) electrons. The molecule has 1 aliphatic carbocycles. The lowest BCUT2D eigenvalue weighted by Gasteiger charge is -2.46.